The zero-order chi connectivity index (χ0) is 18.4. The zero-order valence-corrected chi connectivity index (χ0v) is 16.2. The molecule has 2 saturated heterocycles. The maximum absolute atomic E-state index is 13.2. The number of hydrogen-bond acceptors (Lipinski definition) is 4. The highest BCUT2D eigenvalue weighted by atomic mass is 32.2. The van der Waals surface area contributed by atoms with Crippen molar-refractivity contribution in [2.45, 2.75) is 57.0 Å². The maximum atomic E-state index is 13.2. The number of amides is 1. The molecule has 1 aromatic rings. The zero-order valence-electron chi connectivity index (χ0n) is 15.4. The summed E-state index contributed by atoms with van der Waals surface area (Å²) >= 11 is 0. The van der Waals surface area contributed by atoms with E-state index in [1.165, 1.54) is 34.4 Å². The van der Waals surface area contributed by atoms with Crippen LogP contribution >= 0.6 is 0 Å². The summed E-state index contributed by atoms with van der Waals surface area (Å²) in [6, 6.07) is 1.55. The van der Waals surface area contributed by atoms with E-state index in [1.807, 2.05) is 11.8 Å². The Labute approximate surface area is 155 Å². The van der Waals surface area contributed by atoms with Gasteiger partial charge in [-0.25, -0.2) is 8.42 Å². The van der Waals surface area contributed by atoms with Crippen molar-refractivity contribution in [2.24, 2.45) is 11.3 Å². The fraction of sp³-hybridized carbons (Fsp3) is 0.778. The molecule has 3 fully saturated rings. The Morgan fingerprint density at radius 1 is 1.23 bits per heavy atom. The molecule has 0 aromatic carbocycles. The van der Waals surface area contributed by atoms with Gasteiger partial charge in [-0.2, -0.15) is 9.40 Å². The number of piperidine rings is 1. The van der Waals surface area contributed by atoms with E-state index in [9.17, 15) is 13.2 Å². The van der Waals surface area contributed by atoms with Crippen molar-refractivity contribution < 1.29 is 13.2 Å². The van der Waals surface area contributed by atoms with E-state index in [4.69, 9.17) is 0 Å². The molecule has 2 aliphatic heterocycles. The molecule has 3 heterocycles. The number of carbonyl (C=O) groups is 1. The third-order valence-corrected chi connectivity index (χ3v) is 8.29. The smallest absolute Gasteiger partial charge is 0.260 e. The first-order valence-corrected chi connectivity index (χ1v) is 11.2. The molecule has 0 N–H and O–H groups in total. The summed E-state index contributed by atoms with van der Waals surface area (Å²) in [5, 5.41) is 4.32. The van der Waals surface area contributed by atoms with Gasteiger partial charge in [-0.15, -0.1) is 0 Å². The minimum absolute atomic E-state index is 0.178. The lowest BCUT2D eigenvalue weighted by Crippen LogP contribution is -2.52. The quantitative estimate of drug-likeness (QED) is 0.779. The number of sulfonamides is 1. The summed E-state index contributed by atoms with van der Waals surface area (Å²) in [4.78, 5) is 15.2. The number of rotatable bonds is 5. The second kappa shape index (κ2) is 6.64. The number of nitrogens with zero attached hydrogens (tertiary/aromatic N) is 4. The first-order valence-electron chi connectivity index (χ1n) is 9.78. The molecule has 0 unspecified atom stereocenters. The van der Waals surface area contributed by atoms with E-state index in [-0.39, 0.29) is 10.9 Å². The molecule has 1 amide bonds. The molecule has 4 rings (SSSR count). The number of likely N-dealkylation sites (tertiary alicyclic amines) is 1. The fourth-order valence-electron chi connectivity index (χ4n) is 4.64. The average molecular weight is 381 g/mol. The first-order chi connectivity index (χ1) is 12.5. The molecule has 8 heteroatoms. The average Bonchev–Trinajstić information content (AvgIpc) is 3.23. The summed E-state index contributed by atoms with van der Waals surface area (Å²) in [5.41, 5.74) is -0.522. The Morgan fingerprint density at radius 3 is 2.73 bits per heavy atom. The SMILES string of the molecule is CCn1nccc1S(=O)(=O)N1CC[C@@]2(CCCN(CC3CCC3)C2=O)C1. The molecule has 0 bridgehead atoms. The molecule has 1 aromatic heterocycles. The Bertz CT molecular complexity index is 786. The van der Waals surface area contributed by atoms with E-state index in [1.54, 1.807) is 6.07 Å². The van der Waals surface area contributed by atoms with Crippen molar-refractivity contribution >= 4 is 15.9 Å². The molecular formula is C18H28N4O3S. The van der Waals surface area contributed by atoms with Gasteiger partial charge in [-0.05, 0) is 51.0 Å². The van der Waals surface area contributed by atoms with Crippen LogP contribution in [0.4, 0.5) is 0 Å². The standard InChI is InChI=1S/C18H28N4O3S/c1-2-22-16(7-10-19-22)26(24,25)21-12-9-18(14-21)8-4-11-20(17(18)23)13-15-5-3-6-15/h7,10,15H,2-6,8-9,11-14H2,1H3/t18-/m0/s1. The van der Waals surface area contributed by atoms with Crippen LogP contribution in [0.5, 0.6) is 0 Å². The fourth-order valence-corrected chi connectivity index (χ4v) is 6.33. The van der Waals surface area contributed by atoms with Gasteiger partial charge in [-0.1, -0.05) is 6.42 Å². The highest BCUT2D eigenvalue weighted by Gasteiger charge is 2.51. The number of hydrogen-bond donors (Lipinski definition) is 0. The summed E-state index contributed by atoms with van der Waals surface area (Å²) in [6.07, 6.45) is 7.64. The van der Waals surface area contributed by atoms with Crippen LogP contribution < -0.4 is 0 Å². The first kappa shape index (κ1) is 18.0. The molecule has 1 spiro atoms. The van der Waals surface area contributed by atoms with Crippen molar-refractivity contribution in [2.75, 3.05) is 26.2 Å². The maximum Gasteiger partial charge on any atom is 0.260 e. The van der Waals surface area contributed by atoms with E-state index in [2.05, 4.69) is 5.10 Å². The molecule has 0 radical (unpaired) electrons. The number of aromatic nitrogens is 2. The largest absolute Gasteiger partial charge is 0.342 e. The van der Waals surface area contributed by atoms with Gasteiger partial charge in [-0.3, -0.25) is 9.48 Å². The minimum atomic E-state index is -3.61. The molecule has 7 nitrogen and oxygen atoms in total. The van der Waals surface area contributed by atoms with Crippen LogP contribution in [-0.2, 0) is 21.4 Å². The van der Waals surface area contributed by atoms with Gasteiger partial charge in [0, 0.05) is 32.7 Å². The number of aryl methyl sites for hydroxylation is 1. The third kappa shape index (κ3) is 2.87. The normalized spacial score (nSPS) is 28.0. The minimum Gasteiger partial charge on any atom is -0.342 e. The van der Waals surface area contributed by atoms with Crippen LogP contribution in [0.3, 0.4) is 0 Å². The monoisotopic (exact) mass is 380 g/mol. The van der Waals surface area contributed by atoms with Crippen molar-refractivity contribution in [1.29, 1.82) is 0 Å². The van der Waals surface area contributed by atoms with E-state index >= 15 is 0 Å². The van der Waals surface area contributed by atoms with Gasteiger partial charge in [0.1, 0.15) is 0 Å². The van der Waals surface area contributed by atoms with Crippen LogP contribution in [0.15, 0.2) is 17.3 Å². The van der Waals surface area contributed by atoms with Crippen LogP contribution in [0.25, 0.3) is 0 Å². The van der Waals surface area contributed by atoms with Crippen LogP contribution in [0.2, 0.25) is 0 Å². The van der Waals surface area contributed by atoms with Gasteiger partial charge in [0.05, 0.1) is 11.6 Å². The molecule has 144 valence electrons. The second-order valence-corrected chi connectivity index (χ2v) is 9.89. The summed E-state index contributed by atoms with van der Waals surface area (Å²) in [6.45, 7) is 4.79. The molecule has 1 saturated carbocycles. The van der Waals surface area contributed by atoms with Crippen molar-refractivity contribution in [1.82, 2.24) is 19.0 Å². The topological polar surface area (TPSA) is 75.5 Å². The molecule has 1 atom stereocenters. The second-order valence-electron chi connectivity index (χ2n) is 8.01. The highest BCUT2D eigenvalue weighted by molar-refractivity contribution is 7.89. The van der Waals surface area contributed by atoms with Gasteiger partial charge in [0.15, 0.2) is 5.03 Å². The van der Waals surface area contributed by atoms with E-state index < -0.39 is 15.4 Å². The van der Waals surface area contributed by atoms with Crippen LogP contribution in [0, 0.1) is 11.3 Å². The van der Waals surface area contributed by atoms with Crippen molar-refractivity contribution in [3.05, 3.63) is 12.3 Å². The molecule has 1 aliphatic carbocycles. The lowest BCUT2D eigenvalue weighted by molar-refractivity contribution is -0.146. The van der Waals surface area contributed by atoms with E-state index in [0.29, 0.717) is 32.0 Å². The molecule has 26 heavy (non-hydrogen) atoms. The van der Waals surface area contributed by atoms with Gasteiger partial charge >= 0.3 is 0 Å². The number of carbonyl (C=O) groups excluding carboxylic acids is 1. The summed E-state index contributed by atoms with van der Waals surface area (Å²) < 4.78 is 29.1. The predicted octanol–water partition coefficient (Wildman–Crippen LogP) is 1.71. The van der Waals surface area contributed by atoms with Gasteiger partial charge in [0.25, 0.3) is 10.0 Å². The Morgan fingerprint density at radius 2 is 2.04 bits per heavy atom. The third-order valence-electron chi connectivity index (χ3n) is 6.43. The van der Waals surface area contributed by atoms with Gasteiger partial charge in [0.2, 0.25) is 5.91 Å². The van der Waals surface area contributed by atoms with Crippen molar-refractivity contribution in [3.8, 4) is 0 Å². The molecule has 3 aliphatic rings. The van der Waals surface area contributed by atoms with E-state index in [0.717, 1.165) is 25.9 Å². The van der Waals surface area contributed by atoms with Gasteiger partial charge < -0.3 is 4.90 Å². The lowest BCUT2D eigenvalue weighted by Gasteiger charge is -2.42. The highest BCUT2D eigenvalue weighted by Crippen LogP contribution is 2.42. The summed E-state index contributed by atoms with van der Waals surface area (Å²) in [7, 11) is -3.61. The van der Waals surface area contributed by atoms with Crippen molar-refractivity contribution in [3.63, 3.8) is 0 Å². The Balaban J connectivity index is 1.52. The van der Waals surface area contributed by atoms with Crippen LogP contribution in [-0.4, -0.2) is 59.5 Å². The Hall–Kier alpha value is -1.41. The lowest BCUT2D eigenvalue weighted by atomic mass is 9.77. The van der Waals surface area contributed by atoms with Crippen LogP contribution in [0.1, 0.15) is 45.4 Å². The Kier molecular flexibility index (Phi) is 4.59. The summed E-state index contributed by atoms with van der Waals surface area (Å²) in [5.74, 6) is 0.826. The predicted molar refractivity (Wildman–Crippen MR) is 96.9 cm³/mol. The molecular weight excluding hydrogens is 352 g/mol.